The van der Waals surface area contributed by atoms with Crippen LogP contribution in [-0.2, 0) is 19.0 Å². The van der Waals surface area contributed by atoms with Crippen molar-refractivity contribution in [2.45, 2.75) is 89.4 Å². The molecule has 0 radical (unpaired) electrons. The molecule has 1 saturated heterocycles. The Bertz CT molecular complexity index is 1170. The predicted octanol–water partition coefficient (Wildman–Crippen LogP) is 1.47. The number of nitrogen functional groups attached to an aromatic ring is 1. The SMILES string of the molecule is C[C@H](NCOC[C@@]1(C#N)O[C@@H](c2ccc3c(N)ncnn23)[C@H](O)[C@@H]1O)C(=O)OC1CCC(C(C)(C)C)CC1. The number of nitriles is 1. The third-order valence-corrected chi connectivity index (χ3v) is 7.78. The molecule has 2 aromatic heterocycles. The molecule has 0 unspecified atom stereocenters. The smallest absolute Gasteiger partial charge is 0.323 e. The van der Waals surface area contributed by atoms with Gasteiger partial charge in [0.1, 0.15) is 48.4 Å². The lowest BCUT2D eigenvalue weighted by Crippen LogP contribution is -2.47. The summed E-state index contributed by atoms with van der Waals surface area (Å²) in [6, 6.07) is 4.62. The molecule has 0 spiro atoms. The summed E-state index contributed by atoms with van der Waals surface area (Å²) in [6.07, 6.45) is 0.953. The van der Waals surface area contributed by atoms with Gasteiger partial charge in [0.2, 0.25) is 5.60 Å². The fourth-order valence-corrected chi connectivity index (χ4v) is 5.26. The number of hydrogen-bond donors (Lipinski definition) is 4. The number of rotatable bonds is 8. The number of aliphatic hydroxyl groups excluding tert-OH is 2. The Morgan fingerprint density at radius 3 is 2.71 bits per heavy atom. The van der Waals surface area contributed by atoms with E-state index >= 15 is 0 Å². The van der Waals surface area contributed by atoms with Gasteiger partial charge in [-0.15, -0.1) is 0 Å². The Hall–Kier alpha value is -2.82. The van der Waals surface area contributed by atoms with Gasteiger partial charge in [0.15, 0.2) is 5.82 Å². The zero-order valence-electron chi connectivity index (χ0n) is 22.3. The lowest BCUT2D eigenvalue weighted by Gasteiger charge is -2.36. The summed E-state index contributed by atoms with van der Waals surface area (Å²) >= 11 is 0. The van der Waals surface area contributed by atoms with Gasteiger partial charge in [0, 0.05) is 0 Å². The first kappa shape index (κ1) is 28.2. The average Bonchev–Trinajstić information content (AvgIpc) is 3.42. The summed E-state index contributed by atoms with van der Waals surface area (Å²) in [5.41, 5.74) is 5.21. The topological polar surface area (TPSA) is 177 Å². The van der Waals surface area contributed by atoms with Crippen LogP contribution in [0.3, 0.4) is 0 Å². The minimum absolute atomic E-state index is 0.0839. The van der Waals surface area contributed by atoms with E-state index in [0.29, 0.717) is 17.1 Å². The van der Waals surface area contributed by atoms with Crippen LogP contribution < -0.4 is 11.1 Å². The van der Waals surface area contributed by atoms with E-state index in [9.17, 15) is 20.3 Å². The maximum Gasteiger partial charge on any atom is 0.323 e. The number of nitrogens with zero attached hydrogens (tertiary/aromatic N) is 4. The second-order valence-electron chi connectivity index (χ2n) is 11.4. The lowest BCUT2D eigenvalue weighted by molar-refractivity contribution is -0.154. The first-order valence-corrected chi connectivity index (χ1v) is 13.0. The summed E-state index contributed by atoms with van der Waals surface area (Å²) in [5, 5.41) is 38.3. The molecular weight excluding hydrogens is 492 g/mol. The van der Waals surface area contributed by atoms with E-state index in [2.05, 4.69) is 36.2 Å². The largest absolute Gasteiger partial charge is 0.461 e. The standard InChI is InChI=1S/C26H38N6O6/c1-15(24(35)37-17-7-5-16(6-8-17)25(2,3)4)30-14-36-12-26(11-27)22(34)20(33)21(38-26)18-9-10-19-23(28)29-13-31-32(18)19/h9-10,13,15-17,20-22,30,33-34H,5-8,12,14H2,1-4H3,(H2,28,29,31)/t15-,16?,17?,20-,21-,22-,26+/m0/s1. The third kappa shape index (κ3) is 5.62. The zero-order valence-corrected chi connectivity index (χ0v) is 22.3. The number of fused-ring (bicyclic) bond motifs is 1. The van der Waals surface area contributed by atoms with Crippen LogP contribution in [0, 0.1) is 22.7 Å². The first-order valence-electron chi connectivity index (χ1n) is 13.0. The number of nitrogens with two attached hydrogens (primary N) is 1. The van der Waals surface area contributed by atoms with Crippen molar-refractivity contribution in [2.75, 3.05) is 19.1 Å². The minimum atomic E-state index is -1.83. The van der Waals surface area contributed by atoms with Crippen molar-refractivity contribution in [1.29, 1.82) is 5.26 Å². The second-order valence-corrected chi connectivity index (χ2v) is 11.4. The van der Waals surface area contributed by atoms with Crippen LogP contribution in [0.1, 0.15) is 65.2 Å². The van der Waals surface area contributed by atoms with Gasteiger partial charge < -0.3 is 30.2 Å². The highest BCUT2D eigenvalue weighted by Gasteiger charge is 2.56. The van der Waals surface area contributed by atoms with Gasteiger partial charge in [-0.2, -0.15) is 10.4 Å². The number of aromatic nitrogens is 3. The molecule has 3 heterocycles. The Kier molecular flexibility index (Phi) is 8.25. The number of carbonyl (C=O) groups excluding carboxylic acids is 1. The molecule has 12 nitrogen and oxygen atoms in total. The number of anilines is 1. The van der Waals surface area contributed by atoms with E-state index in [0.717, 1.165) is 25.7 Å². The predicted molar refractivity (Wildman–Crippen MR) is 136 cm³/mol. The molecule has 1 aliphatic heterocycles. The third-order valence-electron chi connectivity index (χ3n) is 7.78. The highest BCUT2D eigenvalue weighted by molar-refractivity contribution is 5.75. The van der Waals surface area contributed by atoms with Gasteiger partial charge in [-0.3, -0.25) is 10.1 Å². The van der Waals surface area contributed by atoms with Crippen LogP contribution in [0.4, 0.5) is 5.82 Å². The van der Waals surface area contributed by atoms with Crippen LogP contribution in [0.25, 0.3) is 5.52 Å². The van der Waals surface area contributed by atoms with Gasteiger partial charge in [0.25, 0.3) is 0 Å². The molecule has 1 aliphatic carbocycles. The van der Waals surface area contributed by atoms with Crippen molar-refractivity contribution >= 4 is 17.3 Å². The van der Waals surface area contributed by atoms with Gasteiger partial charge in [-0.1, -0.05) is 20.8 Å². The summed E-state index contributed by atoms with van der Waals surface area (Å²) in [4.78, 5) is 16.5. The number of hydrogen-bond acceptors (Lipinski definition) is 11. The van der Waals surface area contributed by atoms with E-state index in [-0.39, 0.29) is 36.6 Å². The van der Waals surface area contributed by atoms with Crippen LogP contribution in [0.2, 0.25) is 0 Å². The van der Waals surface area contributed by atoms with Gasteiger partial charge >= 0.3 is 5.97 Å². The van der Waals surface area contributed by atoms with Crippen molar-refractivity contribution in [3.63, 3.8) is 0 Å². The fraction of sp³-hybridized carbons (Fsp3) is 0.692. The second kappa shape index (κ2) is 11.1. The number of esters is 1. The Morgan fingerprint density at radius 1 is 1.34 bits per heavy atom. The van der Waals surface area contributed by atoms with E-state index in [1.54, 1.807) is 19.1 Å². The molecule has 5 N–H and O–H groups in total. The summed E-state index contributed by atoms with van der Waals surface area (Å²) < 4.78 is 18.6. The number of ether oxygens (including phenoxy) is 3. The van der Waals surface area contributed by atoms with Crippen molar-refractivity contribution in [1.82, 2.24) is 19.9 Å². The molecule has 2 aliphatic rings. The molecule has 38 heavy (non-hydrogen) atoms. The monoisotopic (exact) mass is 530 g/mol. The quantitative estimate of drug-likeness (QED) is 0.221. The molecule has 208 valence electrons. The molecule has 12 heteroatoms. The van der Waals surface area contributed by atoms with Gasteiger partial charge in [-0.05, 0) is 56.1 Å². The van der Waals surface area contributed by atoms with Crippen LogP contribution >= 0.6 is 0 Å². The van der Waals surface area contributed by atoms with Crippen LogP contribution in [-0.4, -0.2) is 74.1 Å². The number of aliphatic hydroxyl groups is 2. The minimum Gasteiger partial charge on any atom is -0.461 e. The molecule has 5 atom stereocenters. The average molecular weight is 531 g/mol. The molecule has 2 aromatic rings. The maximum absolute atomic E-state index is 12.5. The molecule has 0 amide bonds. The Morgan fingerprint density at radius 2 is 2.05 bits per heavy atom. The zero-order chi connectivity index (χ0) is 27.7. The molecule has 0 bridgehead atoms. The Labute approximate surface area is 222 Å². The number of carbonyl (C=O) groups is 1. The van der Waals surface area contributed by atoms with E-state index in [1.807, 2.05) is 6.07 Å². The highest BCUT2D eigenvalue weighted by atomic mass is 16.6. The van der Waals surface area contributed by atoms with Gasteiger partial charge in [-0.25, -0.2) is 9.50 Å². The van der Waals surface area contributed by atoms with E-state index in [4.69, 9.17) is 19.9 Å². The van der Waals surface area contributed by atoms with E-state index in [1.165, 1.54) is 10.8 Å². The Balaban J connectivity index is 1.28. The summed E-state index contributed by atoms with van der Waals surface area (Å²) in [6.45, 7) is 7.98. The van der Waals surface area contributed by atoms with Crippen molar-refractivity contribution in [3.05, 3.63) is 24.2 Å². The summed E-state index contributed by atoms with van der Waals surface area (Å²) in [7, 11) is 0. The normalized spacial score (nSPS) is 30.7. The first-order chi connectivity index (χ1) is 18.0. The van der Waals surface area contributed by atoms with Crippen LogP contribution in [0.15, 0.2) is 18.5 Å². The fourth-order valence-electron chi connectivity index (χ4n) is 5.26. The molecular formula is C26H38N6O6. The number of nitrogens with one attached hydrogen (secondary N) is 1. The van der Waals surface area contributed by atoms with Crippen LogP contribution in [0.5, 0.6) is 0 Å². The summed E-state index contributed by atoms with van der Waals surface area (Å²) in [5.74, 6) is 0.505. The van der Waals surface area contributed by atoms with Crippen molar-refractivity contribution in [2.24, 2.45) is 11.3 Å². The van der Waals surface area contributed by atoms with Crippen molar-refractivity contribution in [3.8, 4) is 6.07 Å². The van der Waals surface area contributed by atoms with Gasteiger partial charge in [0.05, 0.1) is 19.0 Å². The van der Waals surface area contributed by atoms with E-state index < -0.39 is 30.0 Å². The highest BCUT2D eigenvalue weighted by Crippen LogP contribution is 2.41. The van der Waals surface area contributed by atoms with Crippen molar-refractivity contribution < 1.29 is 29.2 Å². The molecule has 1 saturated carbocycles. The lowest BCUT2D eigenvalue weighted by atomic mass is 9.72. The molecule has 0 aromatic carbocycles. The molecule has 2 fully saturated rings. The molecule has 4 rings (SSSR count). The maximum atomic E-state index is 12.5.